The van der Waals surface area contributed by atoms with Crippen LogP contribution in [0.25, 0.3) is 0 Å². The van der Waals surface area contributed by atoms with Crippen molar-refractivity contribution in [2.45, 2.75) is 13.0 Å². The maximum atomic E-state index is 11.1. The molecule has 0 spiro atoms. The second kappa shape index (κ2) is 8.05. The fourth-order valence-corrected chi connectivity index (χ4v) is 2.25. The van der Waals surface area contributed by atoms with Gasteiger partial charge < -0.3 is 10.4 Å². The lowest BCUT2D eigenvalue weighted by molar-refractivity contribution is 0.0697. The van der Waals surface area contributed by atoms with Gasteiger partial charge >= 0.3 is 5.97 Å². The molecule has 0 aliphatic heterocycles. The number of carboxylic acid groups (broad SMARTS) is 1. The van der Waals surface area contributed by atoms with E-state index in [1.54, 1.807) is 18.2 Å². The van der Waals surface area contributed by atoms with E-state index < -0.39 is 5.97 Å². The summed E-state index contributed by atoms with van der Waals surface area (Å²) in [7, 11) is 0. The van der Waals surface area contributed by atoms with Gasteiger partial charge in [-0.15, -0.1) is 0 Å². The number of carbonyl (C=O) groups is 1. The lowest BCUT2D eigenvalue weighted by Gasteiger charge is -2.15. The fourth-order valence-electron chi connectivity index (χ4n) is 2.02. The van der Waals surface area contributed by atoms with Crippen molar-refractivity contribution < 1.29 is 9.90 Å². The zero-order valence-electron chi connectivity index (χ0n) is 12.6. The summed E-state index contributed by atoms with van der Waals surface area (Å²) in [5.41, 5.74) is 4.50. The number of hydrogen-bond acceptors (Lipinski definition) is 3. The Hall–Kier alpha value is -2.73. The Morgan fingerprint density at radius 1 is 1.17 bits per heavy atom. The van der Waals surface area contributed by atoms with Gasteiger partial charge in [0, 0.05) is 5.56 Å². The maximum absolute atomic E-state index is 11.1. The minimum atomic E-state index is -0.995. The van der Waals surface area contributed by atoms with Gasteiger partial charge in [0.2, 0.25) is 0 Å². The molecular weight excluding hydrogens is 310 g/mol. The SMILES string of the molecule is C[C@@H](NC(=S)NN=Cc1ccccc1C(=O)O)c1ccccc1. The summed E-state index contributed by atoms with van der Waals surface area (Å²) in [4.78, 5) is 11.1. The van der Waals surface area contributed by atoms with Gasteiger partial charge in [-0.1, -0.05) is 48.5 Å². The molecule has 0 aromatic heterocycles. The van der Waals surface area contributed by atoms with E-state index in [-0.39, 0.29) is 11.6 Å². The topological polar surface area (TPSA) is 73.7 Å². The summed E-state index contributed by atoms with van der Waals surface area (Å²) in [5, 5.41) is 16.6. The zero-order valence-corrected chi connectivity index (χ0v) is 13.4. The first-order chi connectivity index (χ1) is 11.1. The summed E-state index contributed by atoms with van der Waals surface area (Å²) in [5.74, 6) is -0.995. The van der Waals surface area contributed by atoms with Crippen LogP contribution in [0.5, 0.6) is 0 Å². The number of aromatic carboxylic acids is 1. The molecule has 0 aliphatic carbocycles. The van der Waals surface area contributed by atoms with Gasteiger partial charge in [0.05, 0.1) is 17.8 Å². The Bertz CT molecular complexity index is 717. The van der Waals surface area contributed by atoms with Crippen LogP contribution in [0, 0.1) is 0 Å². The molecule has 6 heteroatoms. The van der Waals surface area contributed by atoms with Crippen molar-refractivity contribution in [2.75, 3.05) is 0 Å². The van der Waals surface area contributed by atoms with Crippen molar-refractivity contribution in [1.29, 1.82) is 0 Å². The fraction of sp³-hybridized carbons (Fsp3) is 0.118. The lowest BCUT2D eigenvalue weighted by Crippen LogP contribution is -2.34. The molecule has 5 nitrogen and oxygen atoms in total. The van der Waals surface area contributed by atoms with E-state index in [0.717, 1.165) is 5.56 Å². The molecule has 1 atom stereocenters. The predicted molar refractivity (Wildman–Crippen MR) is 94.7 cm³/mol. The molecule has 0 unspecified atom stereocenters. The van der Waals surface area contributed by atoms with Crippen LogP contribution in [-0.2, 0) is 0 Å². The van der Waals surface area contributed by atoms with Crippen LogP contribution in [0.2, 0.25) is 0 Å². The van der Waals surface area contributed by atoms with Crippen molar-refractivity contribution in [3.63, 3.8) is 0 Å². The molecule has 23 heavy (non-hydrogen) atoms. The second-order valence-corrected chi connectivity index (χ2v) is 5.28. The number of carboxylic acids is 1. The monoisotopic (exact) mass is 327 g/mol. The molecule has 3 N–H and O–H groups in total. The molecule has 118 valence electrons. The van der Waals surface area contributed by atoms with E-state index in [1.165, 1.54) is 12.3 Å². The summed E-state index contributed by atoms with van der Waals surface area (Å²) in [6, 6.07) is 16.6. The summed E-state index contributed by atoms with van der Waals surface area (Å²) < 4.78 is 0. The highest BCUT2D eigenvalue weighted by Crippen LogP contribution is 2.10. The third-order valence-corrected chi connectivity index (χ3v) is 3.42. The number of hydrazone groups is 1. The molecule has 2 aromatic rings. The van der Waals surface area contributed by atoms with Crippen LogP contribution in [0.15, 0.2) is 59.7 Å². The molecule has 0 bridgehead atoms. The molecule has 0 amide bonds. The first-order valence-electron chi connectivity index (χ1n) is 7.05. The van der Waals surface area contributed by atoms with Gasteiger partial charge in [-0.25, -0.2) is 4.79 Å². The van der Waals surface area contributed by atoms with Crippen LogP contribution >= 0.6 is 12.2 Å². The predicted octanol–water partition coefficient (Wildman–Crippen LogP) is 2.94. The summed E-state index contributed by atoms with van der Waals surface area (Å²) >= 11 is 5.18. The van der Waals surface area contributed by atoms with Gasteiger partial charge in [0.1, 0.15) is 0 Å². The van der Waals surface area contributed by atoms with E-state index in [4.69, 9.17) is 17.3 Å². The molecule has 0 heterocycles. The minimum absolute atomic E-state index is 0.0395. The summed E-state index contributed by atoms with van der Waals surface area (Å²) in [6.45, 7) is 1.99. The highest BCUT2D eigenvalue weighted by Gasteiger charge is 2.07. The van der Waals surface area contributed by atoms with Crippen LogP contribution < -0.4 is 10.7 Å². The normalized spacial score (nSPS) is 11.9. The molecule has 0 saturated carbocycles. The molecular formula is C17H17N3O2S. The highest BCUT2D eigenvalue weighted by molar-refractivity contribution is 7.80. The van der Waals surface area contributed by atoms with Gasteiger partial charge in [-0.05, 0) is 30.8 Å². The average Bonchev–Trinajstić information content (AvgIpc) is 2.56. The summed E-state index contributed by atoms with van der Waals surface area (Å²) in [6.07, 6.45) is 1.44. The van der Waals surface area contributed by atoms with Crippen molar-refractivity contribution in [2.24, 2.45) is 5.10 Å². The zero-order chi connectivity index (χ0) is 16.7. The second-order valence-electron chi connectivity index (χ2n) is 4.87. The Labute approximate surface area is 140 Å². The van der Waals surface area contributed by atoms with Crippen LogP contribution in [0.4, 0.5) is 0 Å². The van der Waals surface area contributed by atoms with Crippen molar-refractivity contribution >= 4 is 29.5 Å². The molecule has 0 fully saturated rings. The molecule has 0 radical (unpaired) electrons. The third kappa shape index (κ3) is 4.89. The van der Waals surface area contributed by atoms with Crippen molar-refractivity contribution in [1.82, 2.24) is 10.7 Å². The van der Waals surface area contributed by atoms with Gasteiger partial charge in [0.25, 0.3) is 0 Å². The van der Waals surface area contributed by atoms with Crippen LogP contribution in [0.1, 0.15) is 34.5 Å². The highest BCUT2D eigenvalue weighted by atomic mass is 32.1. The van der Waals surface area contributed by atoms with E-state index >= 15 is 0 Å². The minimum Gasteiger partial charge on any atom is -0.478 e. The molecule has 0 saturated heterocycles. The largest absolute Gasteiger partial charge is 0.478 e. The van der Waals surface area contributed by atoms with Crippen LogP contribution in [-0.4, -0.2) is 22.4 Å². The Morgan fingerprint density at radius 2 is 1.83 bits per heavy atom. The molecule has 0 aliphatic rings. The molecule has 2 rings (SSSR count). The Morgan fingerprint density at radius 3 is 2.52 bits per heavy atom. The smallest absolute Gasteiger partial charge is 0.336 e. The van der Waals surface area contributed by atoms with E-state index in [2.05, 4.69) is 15.8 Å². The maximum Gasteiger partial charge on any atom is 0.336 e. The van der Waals surface area contributed by atoms with E-state index in [0.29, 0.717) is 10.7 Å². The van der Waals surface area contributed by atoms with Crippen molar-refractivity contribution in [3.05, 3.63) is 71.3 Å². The Kier molecular flexibility index (Phi) is 5.82. The first kappa shape index (κ1) is 16.6. The average molecular weight is 327 g/mol. The number of hydrogen-bond donors (Lipinski definition) is 3. The van der Waals surface area contributed by atoms with Crippen molar-refractivity contribution in [3.8, 4) is 0 Å². The van der Waals surface area contributed by atoms with E-state index in [1.807, 2.05) is 37.3 Å². The number of rotatable bonds is 5. The van der Waals surface area contributed by atoms with Gasteiger partial charge in [0.15, 0.2) is 5.11 Å². The van der Waals surface area contributed by atoms with Gasteiger partial charge in [-0.3, -0.25) is 5.43 Å². The molecule has 2 aromatic carbocycles. The third-order valence-electron chi connectivity index (χ3n) is 3.21. The lowest BCUT2D eigenvalue weighted by atomic mass is 10.1. The quantitative estimate of drug-likeness (QED) is 0.447. The number of thiocarbonyl (C=S) groups is 1. The van der Waals surface area contributed by atoms with Crippen LogP contribution in [0.3, 0.4) is 0 Å². The van der Waals surface area contributed by atoms with Gasteiger partial charge in [-0.2, -0.15) is 5.10 Å². The standard InChI is InChI=1S/C17H17N3O2S/c1-12(13-7-3-2-4-8-13)19-17(23)20-18-11-14-9-5-6-10-15(14)16(21)22/h2-12H,1H3,(H,21,22)(H2,19,20,23)/t12-/m1/s1. The number of benzene rings is 2. The first-order valence-corrected chi connectivity index (χ1v) is 7.45. The number of nitrogens with zero attached hydrogens (tertiary/aromatic N) is 1. The van der Waals surface area contributed by atoms with E-state index in [9.17, 15) is 4.79 Å². The Balaban J connectivity index is 1.93. The number of nitrogens with one attached hydrogen (secondary N) is 2.